The molecule has 1 nitrogen and oxygen atoms in total. The fraction of sp³-hybridized carbons (Fsp3) is 0.800. The van der Waals surface area contributed by atoms with Crippen LogP contribution in [0.4, 0.5) is 0 Å². The molecule has 0 aromatic rings. The van der Waals surface area contributed by atoms with Crippen LogP contribution in [0.2, 0.25) is 0 Å². The first-order valence-corrected chi connectivity index (χ1v) is 13.0. The molecule has 31 heavy (non-hydrogen) atoms. The molecule has 0 heterocycles. The molecule has 6 unspecified atom stereocenters. The van der Waals surface area contributed by atoms with Gasteiger partial charge in [0, 0.05) is 10.8 Å². The quantitative estimate of drug-likeness (QED) is 0.456. The van der Waals surface area contributed by atoms with Gasteiger partial charge in [0.25, 0.3) is 0 Å². The lowest BCUT2D eigenvalue weighted by Gasteiger charge is -2.70. The Bertz CT molecular complexity index is 997. The summed E-state index contributed by atoms with van der Waals surface area (Å²) in [5.41, 5.74) is 10.7. The zero-order chi connectivity index (χ0) is 22.5. The van der Waals surface area contributed by atoms with Crippen molar-refractivity contribution in [2.75, 3.05) is 0 Å². The number of allylic oxidation sites excluding steroid dienone is 5. The Labute approximate surface area is 190 Å². The molecule has 1 N–H and O–H groups in total. The van der Waals surface area contributed by atoms with Crippen LogP contribution in [-0.2, 0) is 0 Å². The molecule has 1 heteroatoms. The maximum Gasteiger partial charge on any atom is 0.0778 e. The second-order valence-electron chi connectivity index (χ2n) is 14.3. The van der Waals surface area contributed by atoms with E-state index in [1.165, 1.54) is 25.7 Å². The summed E-state index contributed by atoms with van der Waals surface area (Å²) in [6, 6.07) is 0. The topological polar surface area (TPSA) is 20.2 Å². The molecule has 0 radical (unpaired) electrons. The van der Waals surface area contributed by atoms with Crippen LogP contribution in [0.15, 0.2) is 33.4 Å². The summed E-state index contributed by atoms with van der Waals surface area (Å²) in [6.45, 7) is 22.0. The average molecular weight is 421 g/mol. The monoisotopic (exact) mass is 420 g/mol. The fourth-order valence-electron chi connectivity index (χ4n) is 10.1. The van der Waals surface area contributed by atoms with Gasteiger partial charge in [-0.2, -0.15) is 0 Å². The van der Waals surface area contributed by atoms with Crippen LogP contribution >= 0.6 is 0 Å². The van der Waals surface area contributed by atoms with Gasteiger partial charge < -0.3 is 5.11 Å². The number of rotatable bonds is 2. The summed E-state index contributed by atoms with van der Waals surface area (Å²) in [6.07, 6.45) is 7.27. The molecule has 0 saturated heterocycles. The Morgan fingerprint density at radius 1 is 0.710 bits per heavy atom. The van der Waals surface area contributed by atoms with E-state index < -0.39 is 5.60 Å². The number of aliphatic hydroxyl groups is 1. The lowest BCUT2D eigenvalue weighted by Crippen LogP contribution is -2.65. The van der Waals surface area contributed by atoms with Crippen LogP contribution < -0.4 is 0 Å². The van der Waals surface area contributed by atoms with Gasteiger partial charge in [-0.25, -0.2) is 0 Å². The number of fused-ring (bicyclic) bond motifs is 8. The minimum atomic E-state index is -0.500. The molecular weight excluding hydrogens is 376 g/mol. The van der Waals surface area contributed by atoms with Gasteiger partial charge in [0.05, 0.1) is 5.60 Å². The van der Waals surface area contributed by atoms with Crippen LogP contribution in [-0.4, -0.2) is 10.7 Å². The molecule has 0 spiro atoms. The van der Waals surface area contributed by atoms with E-state index in [-0.39, 0.29) is 10.8 Å². The van der Waals surface area contributed by atoms with Crippen LogP contribution in [0.25, 0.3) is 0 Å². The summed E-state index contributed by atoms with van der Waals surface area (Å²) in [7, 11) is 0. The van der Waals surface area contributed by atoms with E-state index in [1.807, 2.05) is 0 Å². The van der Waals surface area contributed by atoms with Gasteiger partial charge in [-0.15, -0.1) is 0 Å². The highest BCUT2D eigenvalue weighted by Crippen LogP contribution is 2.75. The molecule has 9 rings (SSSR count). The largest absolute Gasteiger partial charge is 0.389 e. The van der Waals surface area contributed by atoms with E-state index in [2.05, 4.69) is 62.3 Å². The molecule has 6 atom stereocenters. The summed E-state index contributed by atoms with van der Waals surface area (Å²) in [5, 5.41) is 11.7. The lowest BCUT2D eigenvalue weighted by molar-refractivity contribution is -0.147. The third-order valence-corrected chi connectivity index (χ3v) is 12.9. The van der Waals surface area contributed by atoms with Crippen molar-refractivity contribution >= 4 is 0 Å². The Hall–Kier alpha value is -0.820. The summed E-state index contributed by atoms with van der Waals surface area (Å²) in [4.78, 5) is 0. The van der Waals surface area contributed by atoms with Crippen molar-refractivity contribution in [3.63, 3.8) is 0 Å². The summed E-state index contributed by atoms with van der Waals surface area (Å²) >= 11 is 0. The third kappa shape index (κ3) is 2.02. The molecule has 0 amide bonds. The van der Waals surface area contributed by atoms with E-state index in [0.29, 0.717) is 22.7 Å². The molecule has 0 aromatic carbocycles. The normalized spacial score (nSPS) is 48.2. The first-order valence-electron chi connectivity index (χ1n) is 13.0. The zero-order valence-electron chi connectivity index (χ0n) is 21.5. The highest BCUT2D eigenvalue weighted by atomic mass is 16.3. The lowest BCUT2D eigenvalue weighted by atomic mass is 9.35. The highest BCUT2D eigenvalue weighted by molar-refractivity contribution is 5.49. The van der Waals surface area contributed by atoms with E-state index in [4.69, 9.17) is 0 Å². The predicted octanol–water partition coefficient (Wildman–Crippen LogP) is 7.62. The van der Waals surface area contributed by atoms with E-state index in [0.717, 1.165) is 24.7 Å². The number of hydrogen-bond donors (Lipinski definition) is 1. The van der Waals surface area contributed by atoms with Crippen LogP contribution in [0.3, 0.4) is 0 Å². The van der Waals surface area contributed by atoms with Gasteiger partial charge in [0.1, 0.15) is 0 Å². The molecular formula is C30H44O. The van der Waals surface area contributed by atoms with Crippen molar-refractivity contribution in [3.05, 3.63) is 33.4 Å². The van der Waals surface area contributed by atoms with E-state index >= 15 is 0 Å². The standard InChI is InChI=1S/C30H44O/c1-16-21-10-19(26(21,4)5)11-22(16)30(13-20-12-23(18(30)3)27(20,6)7)25-15-29(31)14-24(17(25)2)28(29,8)9/h19-20,22,25,31H,10-15H2,1-9H3. The van der Waals surface area contributed by atoms with Crippen molar-refractivity contribution in [1.82, 2.24) is 0 Å². The average Bonchev–Trinajstić information content (AvgIpc) is 2.69. The van der Waals surface area contributed by atoms with Gasteiger partial charge in [0.15, 0.2) is 0 Å². The van der Waals surface area contributed by atoms with Crippen molar-refractivity contribution in [2.24, 2.45) is 45.3 Å². The maximum atomic E-state index is 11.7. The van der Waals surface area contributed by atoms with Gasteiger partial charge in [-0.3, -0.25) is 0 Å². The molecule has 170 valence electrons. The smallest absolute Gasteiger partial charge is 0.0778 e. The first kappa shape index (κ1) is 20.8. The Morgan fingerprint density at radius 2 is 1.29 bits per heavy atom. The molecule has 9 aliphatic carbocycles. The molecule has 0 aromatic heterocycles. The van der Waals surface area contributed by atoms with Crippen LogP contribution in [0, 0.1) is 45.3 Å². The third-order valence-electron chi connectivity index (χ3n) is 12.9. The van der Waals surface area contributed by atoms with Crippen LogP contribution in [0.5, 0.6) is 0 Å². The fourth-order valence-corrected chi connectivity index (χ4v) is 10.1. The molecule has 0 aliphatic heterocycles. The zero-order valence-corrected chi connectivity index (χ0v) is 21.5. The SMILES string of the molecule is CC1=C2CC(CC1C1(C3CC4(O)CC(=C3C)C4(C)C)CC3CC(=C1C)C3(C)C)C2(C)C. The Kier molecular flexibility index (Phi) is 3.65. The summed E-state index contributed by atoms with van der Waals surface area (Å²) < 4.78 is 0. The number of hydrogen-bond acceptors (Lipinski definition) is 1. The van der Waals surface area contributed by atoms with Crippen molar-refractivity contribution in [1.29, 1.82) is 0 Å². The second-order valence-corrected chi connectivity index (χ2v) is 14.3. The minimum Gasteiger partial charge on any atom is -0.389 e. The van der Waals surface area contributed by atoms with E-state index in [9.17, 15) is 5.11 Å². The Morgan fingerprint density at radius 3 is 1.81 bits per heavy atom. The van der Waals surface area contributed by atoms with Crippen LogP contribution in [0.1, 0.15) is 101 Å². The van der Waals surface area contributed by atoms with Crippen molar-refractivity contribution in [3.8, 4) is 0 Å². The highest BCUT2D eigenvalue weighted by Gasteiger charge is 2.68. The van der Waals surface area contributed by atoms with Gasteiger partial charge >= 0.3 is 0 Å². The predicted molar refractivity (Wildman–Crippen MR) is 128 cm³/mol. The van der Waals surface area contributed by atoms with Gasteiger partial charge in [0.2, 0.25) is 0 Å². The molecule has 9 aliphatic rings. The molecule has 3 fully saturated rings. The molecule has 3 saturated carbocycles. The second kappa shape index (κ2) is 5.45. The van der Waals surface area contributed by atoms with E-state index in [1.54, 1.807) is 33.4 Å². The Balaban J connectivity index is 1.56. The van der Waals surface area contributed by atoms with Crippen molar-refractivity contribution in [2.45, 2.75) is 106 Å². The first-order chi connectivity index (χ1) is 14.2. The molecule has 6 bridgehead atoms. The minimum absolute atomic E-state index is 0.0309. The van der Waals surface area contributed by atoms with Gasteiger partial charge in [-0.1, -0.05) is 75.0 Å². The summed E-state index contributed by atoms with van der Waals surface area (Å²) in [5.74, 6) is 2.86. The van der Waals surface area contributed by atoms with Crippen molar-refractivity contribution < 1.29 is 5.11 Å². The maximum absolute atomic E-state index is 11.7. The van der Waals surface area contributed by atoms with Gasteiger partial charge in [-0.05, 0) is 93.8 Å².